The smallest absolute Gasteiger partial charge is 0.228 e. The van der Waals surface area contributed by atoms with Crippen molar-refractivity contribution in [2.75, 3.05) is 49.2 Å². The van der Waals surface area contributed by atoms with E-state index in [-0.39, 0.29) is 11.8 Å². The van der Waals surface area contributed by atoms with E-state index >= 15 is 0 Å². The fourth-order valence-corrected chi connectivity index (χ4v) is 2.73. The van der Waals surface area contributed by atoms with Gasteiger partial charge in [-0.3, -0.25) is 9.69 Å². The SMILES string of the molecule is [N-]=[N+]=NCC1CC(=O)N(c2cc(N3CCOCC3)ncn2)C1. The number of amides is 1. The third-order valence-electron chi connectivity index (χ3n) is 3.86. The van der Waals surface area contributed by atoms with E-state index < -0.39 is 0 Å². The molecule has 1 amide bonds. The Balaban J connectivity index is 1.74. The molecule has 3 rings (SSSR count). The molecule has 0 spiro atoms. The topological polar surface area (TPSA) is 107 Å². The molecule has 2 saturated heterocycles. The van der Waals surface area contributed by atoms with Gasteiger partial charge in [-0.1, -0.05) is 5.11 Å². The Morgan fingerprint density at radius 2 is 2.14 bits per heavy atom. The second kappa shape index (κ2) is 6.59. The van der Waals surface area contributed by atoms with Crippen molar-refractivity contribution in [3.63, 3.8) is 0 Å². The summed E-state index contributed by atoms with van der Waals surface area (Å²) >= 11 is 0. The van der Waals surface area contributed by atoms with Gasteiger partial charge in [-0.05, 0) is 11.4 Å². The van der Waals surface area contributed by atoms with Gasteiger partial charge in [-0.15, -0.1) is 0 Å². The van der Waals surface area contributed by atoms with Crippen LogP contribution in [0.5, 0.6) is 0 Å². The van der Waals surface area contributed by atoms with Crippen LogP contribution in [0.25, 0.3) is 10.4 Å². The monoisotopic (exact) mass is 303 g/mol. The van der Waals surface area contributed by atoms with E-state index in [1.165, 1.54) is 6.33 Å². The van der Waals surface area contributed by atoms with E-state index in [2.05, 4.69) is 24.9 Å². The van der Waals surface area contributed by atoms with Crippen LogP contribution < -0.4 is 9.80 Å². The minimum atomic E-state index is 0.00441. The summed E-state index contributed by atoms with van der Waals surface area (Å²) < 4.78 is 5.33. The summed E-state index contributed by atoms with van der Waals surface area (Å²) in [4.78, 5) is 27.1. The van der Waals surface area contributed by atoms with Crippen molar-refractivity contribution in [3.8, 4) is 0 Å². The Kier molecular flexibility index (Phi) is 4.36. The van der Waals surface area contributed by atoms with Gasteiger partial charge >= 0.3 is 0 Å². The first-order chi connectivity index (χ1) is 10.8. The number of hydrogen-bond donors (Lipinski definition) is 0. The van der Waals surface area contributed by atoms with Crippen molar-refractivity contribution < 1.29 is 9.53 Å². The summed E-state index contributed by atoms with van der Waals surface area (Å²) in [5, 5.41) is 3.55. The Morgan fingerprint density at radius 1 is 1.36 bits per heavy atom. The minimum Gasteiger partial charge on any atom is -0.378 e. The minimum absolute atomic E-state index is 0.00441. The number of carbonyl (C=O) groups is 1. The van der Waals surface area contributed by atoms with Crippen LogP contribution in [0, 0.1) is 5.92 Å². The quantitative estimate of drug-likeness (QED) is 0.468. The molecule has 0 aliphatic carbocycles. The van der Waals surface area contributed by atoms with E-state index in [0.29, 0.717) is 38.5 Å². The number of nitrogens with zero attached hydrogens (tertiary/aromatic N) is 7. The lowest BCUT2D eigenvalue weighted by Crippen LogP contribution is -2.37. The average molecular weight is 303 g/mol. The highest BCUT2D eigenvalue weighted by Gasteiger charge is 2.31. The summed E-state index contributed by atoms with van der Waals surface area (Å²) in [7, 11) is 0. The van der Waals surface area contributed by atoms with Crippen LogP contribution in [-0.2, 0) is 9.53 Å². The normalized spacial score (nSPS) is 21.8. The van der Waals surface area contributed by atoms with Crippen LogP contribution in [0.4, 0.5) is 11.6 Å². The van der Waals surface area contributed by atoms with E-state index in [0.717, 1.165) is 18.9 Å². The maximum Gasteiger partial charge on any atom is 0.228 e. The van der Waals surface area contributed by atoms with Crippen LogP contribution in [-0.4, -0.2) is 55.3 Å². The largest absolute Gasteiger partial charge is 0.378 e. The number of ether oxygens (including phenoxy) is 1. The molecule has 3 heterocycles. The molecule has 2 aliphatic heterocycles. The van der Waals surface area contributed by atoms with Crippen LogP contribution in [0.15, 0.2) is 17.5 Å². The van der Waals surface area contributed by atoms with Gasteiger partial charge in [-0.25, -0.2) is 9.97 Å². The highest BCUT2D eigenvalue weighted by molar-refractivity contribution is 5.95. The molecule has 1 atom stereocenters. The van der Waals surface area contributed by atoms with Crippen molar-refractivity contribution in [3.05, 3.63) is 22.8 Å². The Bertz CT molecular complexity index is 596. The number of carbonyl (C=O) groups excluding carboxylic acids is 1. The van der Waals surface area contributed by atoms with Crippen LogP contribution >= 0.6 is 0 Å². The highest BCUT2D eigenvalue weighted by atomic mass is 16.5. The average Bonchev–Trinajstić information content (AvgIpc) is 2.95. The van der Waals surface area contributed by atoms with E-state index in [1.807, 2.05) is 6.07 Å². The molecule has 0 saturated carbocycles. The standard InChI is InChI=1S/C13H17N7O2/c14-18-17-7-10-5-13(21)20(8-10)12-6-11(15-9-16-12)19-1-3-22-4-2-19/h6,9-10H,1-5,7-8H2. The molecule has 9 heteroatoms. The zero-order valence-electron chi connectivity index (χ0n) is 12.1. The number of aromatic nitrogens is 2. The second-order valence-corrected chi connectivity index (χ2v) is 5.32. The zero-order valence-corrected chi connectivity index (χ0v) is 12.1. The van der Waals surface area contributed by atoms with E-state index in [9.17, 15) is 4.79 Å². The summed E-state index contributed by atoms with van der Waals surface area (Å²) in [6.07, 6.45) is 1.87. The summed E-state index contributed by atoms with van der Waals surface area (Å²) in [6.45, 7) is 3.78. The lowest BCUT2D eigenvalue weighted by atomic mass is 10.1. The lowest BCUT2D eigenvalue weighted by molar-refractivity contribution is -0.117. The van der Waals surface area contributed by atoms with Gasteiger partial charge in [0.1, 0.15) is 18.0 Å². The molecule has 116 valence electrons. The van der Waals surface area contributed by atoms with Gasteiger partial charge in [-0.2, -0.15) is 0 Å². The first-order valence-electron chi connectivity index (χ1n) is 7.24. The predicted octanol–water partition coefficient (Wildman–Crippen LogP) is 0.976. The van der Waals surface area contributed by atoms with Gasteiger partial charge in [0.25, 0.3) is 0 Å². The Hall–Kier alpha value is -2.38. The van der Waals surface area contributed by atoms with Crippen molar-refractivity contribution in [2.24, 2.45) is 11.0 Å². The molecule has 0 N–H and O–H groups in total. The maximum absolute atomic E-state index is 12.1. The van der Waals surface area contributed by atoms with Crippen molar-refractivity contribution >= 4 is 17.5 Å². The van der Waals surface area contributed by atoms with Crippen LogP contribution in [0.2, 0.25) is 0 Å². The van der Waals surface area contributed by atoms with Crippen molar-refractivity contribution in [2.45, 2.75) is 6.42 Å². The fraction of sp³-hybridized carbons (Fsp3) is 0.615. The Morgan fingerprint density at radius 3 is 2.91 bits per heavy atom. The molecule has 1 aromatic heterocycles. The molecule has 2 fully saturated rings. The van der Waals surface area contributed by atoms with Crippen LogP contribution in [0.3, 0.4) is 0 Å². The van der Waals surface area contributed by atoms with Gasteiger partial charge in [0.2, 0.25) is 5.91 Å². The molecule has 22 heavy (non-hydrogen) atoms. The number of hydrogen-bond acceptors (Lipinski definition) is 6. The van der Waals surface area contributed by atoms with E-state index in [1.54, 1.807) is 4.90 Å². The summed E-state index contributed by atoms with van der Waals surface area (Å²) in [5.41, 5.74) is 8.38. The maximum atomic E-state index is 12.1. The molecule has 0 bridgehead atoms. The molecule has 0 radical (unpaired) electrons. The van der Waals surface area contributed by atoms with Crippen LogP contribution in [0.1, 0.15) is 6.42 Å². The fourth-order valence-electron chi connectivity index (χ4n) is 2.73. The van der Waals surface area contributed by atoms with Crippen molar-refractivity contribution in [1.82, 2.24) is 9.97 Å². The first-order valence-corrected chi connectivity index (χ1v) is 7.24. The summed E-state index contributed by atoms with van der Waals surface area (Å²) in [6, 6.07) is 1.83. The summed E-state index contributed by atoms with van der Waals surface area (Å²) in [5.74, 6) is 1.46. The van der Waals surface area contributed by atoms with Gasteiger partial charge in [0, 0.05) is 43.6 Å². The zero-order chi connectivity index (χ0) is 15.4. The third-order valence-corrected chi connectivity index (χ3v) is 3.86. The number of anilines is 2. The Labute approximate surface area is 127 Å². The van der Waals surface area contributed by atoms with Gasteiger partial charge in [0.15, 0.2) is 0 Å². The first kappa shape index (κ1) is 14.6. The second-order valence-electron chi connectivity index (χ2n) is 5.32. The van der Waals surface area contributed by atoms with E-state index in [4.69, 9.17) is 10.3 Å². The van der Waals surface area contributed by atoms with Crippen molar-refractivity contribution in [1.29, 1.82) is 0 Å². The molecule has 9 nitrogen and oxygen atoms in total. The van der Waals surface area contributed by atoms with Gasteiger partial charge in [0.05, 0.1) is 13.2 Å². The molecule has 1 unspecified atom stereocenters. The highest BCUT2D eigenvalue weighted by Crippen LogP contribution is 2.26. The predicted molar refractivity (Wildman–Crippen MR) is 79.5 cm³/mol. The number of rotatable bonds is 4. The molecule has 2 aliphatic rings. The molecule has 0 aromatic carbocycles. The lowest BCUT2D eigenvalue weighted by Gasteiger charge is -2.28. The number of morpholine rings is 1. The molecule has 1 aromatic rings. The van der Waals surface area contributed by atoms with Gasteiger partial charge < -0.3 is 9.64 Å². The third kappa shape index (κ3) is 3.10. The number of azide groups is 1. The molecular formula is C13H17N7O2. The molecular weight excluding hydrogens is 286 g/mol.